The molecule has 0 bridgehead atoms. The molecule has 1 aromatic rings. The summed E-state index contributed by atoms with van der Waals surface area (Å²) in [4.78, 5) is 0. The first kappa shape index (κ1) is 12.5. The Morgan fingerprint density at radius 2 is 2.41 bits per heavy atom. The molecular weight excluding hydrogens is 218 g/mol. The van der Waals surface area contributed by atoms with Crippen LogP contribution in [0.15, 0.2) is 6.20 Å². The van der Waals surface area contributed by atoms with Crippen molar-refractivity contribution in [2.24, 2.45) is 12.9 Å². The van der Waals surface area contributed by atoms with E-state index in [1.165, 1.54) is 6.42 Å². The largest absolute Gasteiger partial charge is 0.378 e. The average molecular weight is 239 g/mol. The summed E-state index contributed by atoms with van der Waals surface area (Å²) in [5.74, 6) is 5.61. The molecular formula is C11H21N5O. The van der Waals surface area contributed by atoms with Crippen molar-refractivity contribution in [2.75, 3.05) is 7.11 Å². The van der Waals surface area contributed by atoms with Crippen LogP contribution >= 0.6 is 0 Å². The predicted molar refractivity (Wildman–Crippen MR) is 64.0 cm³/mol. The van der Waals surface area contributed by atoms with Gasteiger partial charge in [0.25, 0.3) is 0 Å². The molecule has 0 aromatic carbocycles. The Morgan fingerprint density at radius 1 is 1.65 bits per heavy atom. The maximum atomic E-state index is 5.61. The summed E-state index contributed by atoms with van der Waals surface area (Å²) in [7, 11) is 3.65. The molecule has 17 heavy (non-hydrogen) atoms. The quantitative estimate of drug-likeness (QED) is 0.546. The van der Waals surface area contributed by atoms with Gasteiger partial charge in [-0.3, -0.25) is 16.0 Å². The van der Waals surface area contributed by atoms with Gasteiger partial charge in [-0.05, 0) is 25.7 Å². The third-order valence-corrected chi connectivity index (χ3v) is 3.66. The summed E-state index contributed by atoms with van der Waals surface area (Å²) in [6.07, 6.45) is 7.14. The van der Waals surface area contributed by atoms with Crippen molar-refractivity contribution >= 4 is 0 Å². The molecule has 1 aliphatic carbocycles. The molecule has 0 radical (unpaired) electrons. The van der Waals surface area contributed by atoms with Gasteiger partial charge in [-0.1, -0.05) is 5.21 Å². The number of nitrogens with two attached hydrogens (primary N) is 1. The second kappa shape index (κ2) is 5.12. The van der Waals surface area contributed by atoms with Crippen molar-refractivity contribution in [3.63, 3.8) is 0 Å². The van der Waals surface area contributed by atoms with Crippen LogP contribution in [-0.2, 0) is 18.2 Å². The first-order valence-electron chi connectivity index (χ1n) is 6.04. The molecule has 0 aliphatic heterocycles. The van der Waals surface area contributed by atoms with E-state index in [4.69, 9.17) is 10.6 Å². The molecule has 3 N–H and O–H groups in total. The van der Waals surface area contributed by atoms with E-state index >= 15 is 0 Å². The SMILES string of the molecule is COC1(CC(Cc2cn(C)nn2)NN)CCC1. The van der Waals surface area contributed by atoms with Crippen LogP contribution in [0.25, 0.3) is 0 Å². The smallest absolute Gasteiger partial charge is 0.0843 e. The van der Waals surface area contributed by atoms with Crippen molar-refractivity contribution in [2.45, 2.75) is 43.7 Å². The third-order valence-electron chi connectivity index (χ3n) is 3.66. The Morgan fingerprint density at radius 3 is 2.82 bits per heavy atom. The molecule has 6 nitrogen and oxygen atoms in total. The maximum absolute atomic E-state index is 5.61. The fourth-order valence-electron chi connectivity index (χ4n) is 2.44. The monoisotopic (exact) mass is 239 g/mol. The number of hydrazine groups is 1. The lowest BCUT2D eigenvalue weighted by Gasteiger charge is -2.42. The summed E-state index contributed by atoms with van der Waals surface area (Å²) >= 11 is 0. The predicted octanol–water partition coefficient (Wildman–Crippen LogP) is 0.149. The fourth-order valence-corrected chi connectivity index (χ4v) is 2.44. The fraction of sp³-hybridized carbons (Fsp3) is 0.818. The summed E-state index contributed by atoms with van der Waals surface area (Å²) in [6, 6.07) is 0.187. The number of aromatic nitrogens is 3. The van der Waals surface area contributed by atoms with Gasteiger partial charge in [0, 0.05) is 32.8 Å². The van der Waals surface area contributed by atoms with Gasteiger partial charge in [-0.2, -0.15) is 0 Å². The number of methoxy groups -OCH3 is 1. The molecule has 1 heterocycles. The molecule has 1 unspecified atom stereocenters. The standard InChI is InChI=1S/C11H21N5O/c1-16-8-10(14-15-16)6-9(13-12)7-11(17-2)4-3-5-11/h8-9,13H,3-7,12H2,1-2H3. The van der Waals surface area contributed by atoms with Gasteiger partial charge >= 0.3 is 0 Å². The second-order valence-corrected chi connectivity index (χ2v) is 4.90. The topological polar surface area (TPSA) is 78.0 Å². The van der Waals surface area contributed by atoms with Crippen LogP contribution in [0.3, 0.4) is 0 Å². The van der Waals surface area contributed by atoms with E-state index in [-0.39, 0.29) is 11.6 Å². The highest BCUT2D eigenvalue weighted by molar-refractivity contribution is 4.99. The van der Waals surface area contributed by atoms with Gasteiger partial charge in [0.05, 0.1) is 11.3 Å². The molecule has 0 spiro atoms. The number of hydrogen-bond donors (Lipinski definition) is 2. The summed E-state index contributed by atoms with van der Waals surface area (Å²) in [5, 5.41) is 8.00. The Bertz CT molecular complexity index is 355. The van der Waals surface area contributed by atoms with Gasteiger partial charge in [-0.15, -0.1) is 5.10 Å². The molecule has 1 saturated carbocycles. The Hall–Kier alpha value is -0.980. The summed E-state index contributed by atoms with van der Waals surface area (Å²) < 4.78 is 7.32. The zero-order chi connectivity index (χ0) is 12.3. The Kier molecular flexibility index (Phi) is 3.76. The van der Waals surface area contributed by atoms with Crippen LogP contribution in [-0.4, -0.2) is 33.7 Å². The van der Waals surface area contributed by atoms with E-state index in [1.54, 1.807) is 11.8 Å². The van der Waals surface area contributed by atoms with Crippen LogP contribution < -0.4 is 11.3 Å². The van der Waals surface area contributed by atoms with Crippen molar-refractivity contribution in [3.8, 4) is 0 Å². The van der Waals surface area contributed by atoms with Crippen LogP contribution in [0, 0.1) is 0 Å². The number of hydrogen-bond acceptors (Lipinski definition) is 5. The van der Waals surface area contributed by atoms with E-state index in [0.717, 1.165) is 31.4 Å². The minimum atomic E-state index is 0.0270. The van der Waals surface area contributed by atoms with Crippen LogP contribution in [0.5, 0.6) is 0 Å². The molecule has 1 fully saturated rings. The zero-order valence-electron chi connectivity index (χ0n) is 10.5. The van der Waals surface area contributed by atoms with Crippen molar-refractivity contribution in [1.29, 1.82) is 0 Å². The molecule has 6 heteroatoms. The van der Waals surface area contributed by atoms with E-state index < -0.39 is 0 Å². The highest BCUT2D eigenvalue weighted by Gasteiger charge is 2.38. The van der Waals surface area contributed by atoms with E-state index in [1.807, 2.05) is 13.2 Å². The Balaban J connectivity index is 1.92. The minimum Gasteiger partial charge on any atom is -0.378 e. The zero-order valence-corrected chi connectivity index (χ0v) is 10.5. The van der Waals surface area contributed by atoms with Crippen molar-refractivity contribution in [3.05, 3.63) is 11.9 Å². The van der Waals surface area contributed by atoms with Crippen LogP contribution in [0.2, 0.25) is 0 Å². The summed E-state index contributed by atoms with van der Waals surface area (Å²) in [5.41, 5.74) is 3.85. The number of rotatable bonds is 6. The van der Waals surface area contributed by atoms with Crippen molar-refractivity contribution in [1.82, 2.24) is 20.4 Å². The first-order valence-corrected chi connectivity index (χ1v) is 6.04. The van der Waals surface area contributed by atoms with Gasteiger partial charge in [0.2, 0.25) is 0 Å². The number of ether oxygens (including phenoxy) is 1. The van der Waals surface area contributed by atoms with Gasteiger partial charge in [-0.25, -0.2) is 0 Å². The third kappa shape index (κ3) is 2.83. The average Bonchev–Trinajstić information content (AvgIpc) is 2.67. The maximum Gasteiger partial charge on any atom is 0.0843 e. The lowest BCUT2D eigenvalue weighted by Crippen LogP contribution is -2.48. The molecule has 0 saturated heterocycles. The number of nitrogens with zero attached hydrogens (tertiary/aromatic N) is 3. The van der Waals surface area contributed by atoms with Gasteiger partial charge in [0.1, 0.15) is 0 Å². The number of aryl methyl sites for hydroxylation is 1. The molecule has 1 atom stereocenters. The lowest BCUT2D eigenvalue weighted by molar-refractivity contribution is -0.0834. The normalized spacial score (nSPS) is 19.9. The summed E-state index contributed by atoms with van der Waals surface area (Å²) in [6.45, 7) is 0. The highest BCUT2D eigenvalue weighted by Crippen LogP contribution is 2.39. The minimum absolute atomic E-state index is 0.0270. The lowest BCUT2D eigenvalue weighted by atomic mass is 9.75. The van der Waals surface area contributed by atoms with Gasteiger partial charge < -0.3 is 4.74 Å². The highest BCUT2D eigenvalue weighted by atomic mass is 16.5. The van der Waals surface area contributed by atoms with E-state index in [0.29, 0.717) is 0 Å². The van der Waals surface area contributed by atoms with Crippen LogP contribution in [0.4, 0.5) is 0 Å². The van der Waals surface area contributed by atoms with Crippen LogP contribution in [0.1, 0.15) is 31.4 Å². The number of nitrogens with one attached hydrogen (secondary N) is 1. The second-order valence-electron chi connectivity index (χ2n) is 4.90. The molecule has 1 aromatic heterocycles. The molecule has 0 amide bonds. The first-order chi connectivity index (χ1) is 8.17. The van der Waals surface area contributed by atoms with E-state index in [9.17, 15) is 0 Å². The Labute approximate surface area is 101 Å². The molecule has 1 aliphatic rings. The van der Waals surface area contributed by atoms with Gasteiger partial charge in [0.15, 0.2) is 0 Å². The van der Waals surface area contributed by atoms with Crippen molar-refractivity contribution < 1.29 is 4.74 Å². The molecule has 2 rings (SSSR count). The van der Waals surface area contributed by atoms with E-state index in [2.05, 4.69) is 15.7 Å². The molecule has 96 valence electrons.